The van der Waals surface area contributed by atoms with E-state index in [1.54, 1.807) is 11.6 Å². The Labute approximate surface area is 138 Å². The molecule has 0 aromatic carbocycles. The second kappa shape index (κ2) is 6.31. The number of pyridine rings is 1. The van der Waals surface area contributed by atoms with Gasteiger partial charge >= 0.3 is 5.97 Å². The molecule has 0 aliphatic heterocycles. The number of aryl methyl sites for hydroxylation is 3. The highest BCUT2D eigenvalue weighted by molar-refractivity contribution is 5.87. The largest absolute Gasteiger partial charge is 0.469 e. The molecule has 0 amide bonds. The lowest BCUT2D eigenvalue weighted by Gasteiger charge is -2.05. The quantitative estimate of drug-likeness (QED) is 0.663. The van der Waals surface area contributed by atoms with Crippen molar-refractivity contribution in [1.82, 2.24) is 19.9 Å². The Hall–Kier alpha value is -2.90. The third-order valence-corrected chi connectivity index (χ3v) is 3.55. The van der Waals surface area contributed by atoms with Crippen molar-refractivity contribution < 1.29 is 18.8 Å². The van der Waals surface area contributed by atoms with Crippen LogP contribution in [0.1, 0.15) is 34.4 Å². The van der Waals surface area contributed by atoms with Crippen LogP contribution in [0.4, 0.5) is 0 Å². The number of carbonyl (C=O) groups excluding carboxylic acids is 1. The first-order valence-electron chi connectivity index (χ1n) is 7.56. The second-order valence-corrected chi connectivity index (χ2v) is 5.37. The van der Waals surface area contributed by atoms with E-state index < -0.39 is 5.97 Å². The Morgan fingerprint density at radius 3 is 2.88 bits per heavy atom. The number of ether oxygens (including phenoxy) is 2. The molecule has 3 rings (SSSR count). The van der Waals surface area contributed by atoms with Gasteiger partial charge in [0.2, 0.25) is 5.88 Å². The number of hydrogen-bond donors (Lipinski definition) is 0. The van der Waals surface area contributed by atoms with Gasteiger partial charge in [0, 0.05) is 24.6 Å². The number of aromatic nitrogens is 4. The molecule has 0 saturated heterocycles. The molecule has 0 aliphatic carbocycles. The number of rotatable bonds is 5. The van der Waals surface area contributed by atoms with Gasteiger partial charge in [-0.15, -0.1) is 0 Å². The summed E-state index contributed by atoms with van der Waals surface area (Å²) in [4.78, 5) is 16.0. The SMILES string of the molecule is CCOC(=O)c1cc(COc2cc(C)c3c(C)nn(C)c3n2)on1. The maximum Gasteiger partial charge on any atom is 0.360 e. The molecule has 126 valence electrons. The molecule has 0 bridgehead atoms. The van der Waals surface area contributed by atoms with Gasteiger partial charge in [0.15, 0.2) is 23.7 Å². The molecular formula is C16H18N4O4. The Morgan fingerprint density at radius 1 is 1.33 bits per heavy atom. The van der Waals surface area contributed by atoms with E-state index >= 15 is 0 Å². The molecule has 8 heteroatoms. The molecule has 0 saturated carbocycles. The molecule has 3 heterocycles. The van der Waals surface area contributed by atoms with Crippen LogP contribution in [0.15, 0.2) is 16.7 Å². The van der Waals surface area contributed by atoms with E-state index in [0.717, 1.165) is 22.3 Å². The molecular weight excluding hydrogens is 312 g/mol. The first-order valence-corrected chi connectivity index (χ1v) is 7.56. The molecule has 0 N–H and O–H groups in total. The Morgan fingerprint density at radius 2 is 2.12 bits per heavy atom. The van der Waals surface area contributed by atoms with E-state index in [1.807, 2.05) is 27.0 Å². The highest BCUT2D eigenvalue weighted by Gasteiger charge is 2.15. The fourth-order valence-corrected chi connectivity index (χ4v) is 2.53. The summed E-state index contributed by atoms with van der Waals surface area (Å²) in [7, 11) is 1.84. The fraction of sp³-hybridized carbons (Fsp3) is 0.375. The van der Waals surface area contributed by atoms with Gasteiger partial charge in [0.25, 0.3) is 0 Å². The molecule has 3 aromatic rings. The highest BCUT2D eigenvalue weighted by Crippen LogP contribution is 2.24. The molecule has 8 nitrogen and oxygen atoms in total. The summed E-state index contributed by atoms with van der Waals surface area (Å²) in [5.41, 5.74) is 2.84. The first-order chi connectivity index (χ1) is 11.5. The first kappa shape index (κ1) is 16.0. The van der Waals surface area contributed by atoms with Crippen LogP contribution in [0.25, 0.3) is 11.0 Å². The van der Waals surface area contributed by atoms with Crippen molar-refractivity contribution in [2.24, 2.45) is 7.05 Å². The van der Waals surface area contributed by atoms with Crippen LogP contribution < -0.4 is 4.74 Å². The van der Waals surface area contributed by atoms with E-state index in [2.05, 4.69) is 15.2 Å². The molecule has 0 radical (unpaired) electrons. The van der Waals surface area contributed by atoms with Crippen molar-refractivity contribution in [1.29, 1.82) is 0 Å². The van der Waals surface area contributed by atoms with Gasteiger partial charge in [-0.2, -0.15) is 10.1 Å². The molecule has 24 heavy (non-hydrogen) atoms. The molecule has 0 fully saturated rings. The van der Waals surface area contributed by atoms with Crippen molar-refractivity contribution in [2.45, 2.75) is 27.4 Å². The maximum atomic E-state index is 11.6. The van der Waals surface area contributed by atoms with Gasteiger partial charge < -0.3 is 14.0 Å². The standard InChI is InChI=1S/C16H18N4O4/c1-5-22-16(21)12-7-11(24-19-12)8-23-13-6-9(2)14-10(3)18-20(4)15(14)17-13/h6-7H,5,8H2,1-4H3. The normalized spacial score (nSPS) is 11.0. The number of fused-ring (bicyclic) bond motifs is 1. The zero-order valence-electron chi connectivity index (χ0n) is 14.0. The number of carbonyl (C=O) groups is 1. The van der Waals surface area contributed by atoms with Crippen LogP contribution in [0, 0.1) is 13.8 Å². The molecule has 3 aromatic heterocycles. The summed E-state index contributed by atoms with van der Waals surface area (Å²) in [5.74, 6) is 0.351. The fourth-order valence-electron chi connectivity index (χ4n) is 2.53. The molecule has 0 unspecified atom stereocenters. The van der Waals surface area contributed by atoms with E-state index in [4.69, 9.17) is 14.0 Å². The lowest BCUT2D eigenvalue weighted by Crippen LogP contribution is -2.04. The van der Waals surface area contributed by atoms with Gasteiger partial charge in [0.1, 0.15) is 0 Å². The van der Waals surface area contributed by atoms with E-state index in [-0.39, 0.29) is 18.9 Å². The molecule has 0 atom stereocenters. The minimum Gasteiger partial charge on any atom is -0.469 e. The average molecular weight is 330 g/mol. The Bertz CT molecular complexity index is 897. The Balaban J connectivity index is 1.76. The van der Waals surface area contributed by atoms with Gasteiger partial charge in [-0.05, 0) is 26.3 Å². The smallest absolute Gasteiger partial charge is 0.360 e. The summed E-state index contributed by atoms with van der Waals surface area (Å²) >= 11 is 0. The predicted octanol–water partition coefficient (Wildman–Crippen LogP) is 2.33. The zero-order chi connectivity index (χ0) is 17.3. The van der Waals surface area contributed by atoms with Crippen molar-refractivity contribution in [3.63, 3.8) is 0 Å². The van der Waals surface area contributed by atoms with E-state index in [9.17, 15) is 4.79 Å². The summed E-state index contributed by atoms with van der Waals surface area (Å²) in [6.07, 6.45) is 0. The number of esters is 1. The Kier molecular flexibility index (Phi) is 4.20. The van der Waals surface area contributed by atoms with Crippen molar-refractivity contribution >= 4 is 17.0 Å². The molecule has 0 spiro atoms. The predicted molar refractivity (Wildman–Crippen MR) is 84.8 cm³/mol. The lowest BCUT2D eigenvalue weighted by atomic mass is 10.2. The van der Waals surface area contributed by atoms with Crippen LogP contribution in [-0.4, -0.2) is 32.5 Å². The van der Waals surface area contributed by atoms with Gasteiger partial charge in [-0.25, -0.2) is 4.79 Å². The summed E-state index contributed by atoms with van der Waals surface area (Å²) in [5, 5.41) is 9.06. The highest BCUT2D eigenvalue weighted by atomic mass is 16.5. The van der Waals surface area contributed by atoms with E-state index in [0.29, 0.717) is 11.6 Å². The third kappa shape index (κ3) is 2.94. The van der Waals surface area contributed by atoms with Gasteiger partial charge in [0.05, 0.1) is 12.3 Å². The molecule has 0 aliphatic rings. The van der Waals surface area contributed by atoms with E-state index in [1.165, 1.54) is 6.07 Å². The summed E-state index contributed by atoms with van der Waals surface area (Å²) in [6, 6.07) is 3.34. The topological polar surface area (TPSA) is 92.3 Å². The lowest BCUT2D eigenvalue weighted by molar-refractivity contribution is 0.0514. The van der Waals surface area contributed by atoms with Crippen LogP contribution in [0.2, 0.25) is 0 Å². The monoisotopic (exact) mass is 330 g/mol. The number of nitrogens with zero attached hydrogens (tertiary/aromatic N) is 4. The van der Waals surface area contributed by atoms with Crippen molar-refractivity contribution in [2.75, 3.05) is 6.61 Å². The minimum atomic E-state index is -0.520. The van der Waals surface area contributed by atoms with Crippen molar-refractivity contribution in [3.05, 3.63) is 34.8 Å². The number of hydrogen-bond acceptors (Lipinski definition) is 7. The van der Waals surface area contributed by atoms with Crippen LogP contribution in [0.5, 0.6) is 5.88 Å². The van der Waals surface area contributed by atoms with Gasteiger partial charge in [-0.1, -0.05) is 5.16 Å². The summed E-state index contributed by atoms with van der Waals surface area (Å²) < 4.78 is 17.3. The average Bonchev–Trinajstić information content (AvgIpc) is 3.11. The van der Waals surface area contributed by atoms with Crippen LogP contribution in [0.3, 0.4) is 0 Å². The van der Waals surface area contributed by atoms with Crippen molar-refractivity contribution in [3.8, 4) is 5.88 Å². The zero-order valence-corrected chi connectivity index (χ0v) is 14.0. The van der Waals surface area contributed by atoms with Gasteiger partial charge in [-0.3, -0.25) is 4.68 Å². The minimum absolute atomic E-state index is 0.112. The third-order valence-electron chi connectivity index (χ3n) is 3.55. The second-order valence-electron chi connectivity index (χ2n) is 5.37. The summed E-state index contributed by atoms with van der Waals surface area (Å²) in [6.45, 7) is 6.06. The van der Waals surface area contributed by atoms with Crippen LogP contribution >= 0.6 is 0 Å². The maximum absolute atomic E-state index is 11.6. The van der Waals surface area contributed by atoms with Crippen LogP contribution in [-0.2, 0) is 18.4 Å².